The molecule has 106 valence electrons. The maximum atomic E-state index is 13.1. The van der Waals surface area contributed by atoms with Crippen LogP contribution in [0, 0.1) is 0 Å². The van der Waals surface area contributed by atoms with Crippen LogP contribution in [0.5, 0.6) is 0 Å². The molecule has 0 saturated heterocycles. The maximum Gasteiger partial charge on any atom is 0.384 e. The minimum Gasteiger partial charge on any atom is -0.397 e. The molecule has 0 heterocycles. The van der Waals surface area contributed by atoms with Gasteiger partial charge in [0.2, 0.25) is 0 Å². The van der Waals surface area contributed by atoms with E-state index in [1.807, 2.05) is 0 Å². The van der Waals surface area contributed by atoms with Gasteiger partial charge in [-0.1, -0.05) is 19.1 Å². The Labute approximate surface area is 108 Å². The highest BCUT2D eigenvalue weighted by Crippen LogP contribution is 2.30. The molecule has 1 amide bonds. The first-order valence-electron chi connectivity index (χ1n) is 5.64. The Hall–Kier alpha value is -1.79. The van der Waals surface area contributed by atoms with Gasteiger partial charge in [0.25, 0.3) is 0 Å². The zero-order valence-corrected chi connectivity index (χ0v) is 10.2. The van der Waals surface area contributed by atoms with Crippen LogP contribution in [-0.2, 0) is 4.79 Å². The van der Waals surface area contributed by atoms with Gasteiger partial charge in [0.1, 0.15) is 0 Å². The van der Waals surface area contributed by atoms with E-state index in [4.69, 9.17) is 5.73 Å². The van der Waals surface area contributed by atoms with Crippen molar-refractivity contribution in [2.45, 2.75) is 25.7 Å². The van der Waals surface area contributed by atoms with E-state index in [1.54, 1.807) is 13.0 Å². The number of nitrogens with two attached hydrogens (primary N) is 1. The normalized spacial score (nSPS) is 11.7. The summed E-state index contributed by atoms with van der Waals surface area (Å²) in [7, 11) is 0. The molecular formula is C12H14F4N2O. The van der Waals surface area contributed by atoms with Gasteiger partial charge in [-0.3, -0.25) is 4.79 Å². The minimum absolute atomic E-state index is 0.00896. The average Bonchev–Trinajstić information content (AvgIpc) is 2.36. The smallest absolute Gasteiger partial charge is 0.384 e. The first-order valence-corrected chi connectivity index (χ1v) is 5.64. The first-order chi connectivity index (χ1) is 8.82. The van der Waals surface area contributed by atoms with E-state index in [9.17, 15) is 22.4 Å². The van der Waals surface area contributed by atoms with E-state index in [0.29, 0.717) is 11.3 Å². The lowest BCUT2D eigenvalue weighted by molar-refractivity contribution is -0.166. The minimum atomic E-state index is -4.72. The number of rotatable bonds is 5. The molecule has 1 aromatic carbocycles. The number of benzene rings is 1. The van der Waals surface area contributed by atoms with E-state index < -0.39 is 18.3 Å². The second-order valence-corrected chi connectivity index (χ2v) is 3.94. The van der Waals surface area contributed by atoms with Crippen LogP contribution < -0.4 is 10.6 Å². The summed E-state index contributed by atoms with van der Waals surface area (Å²) in [4.78, 5) is 12.2. The molecule has 0 aliphatic heterocycles. The van der Waals surface area contributed by atoms with Gasteiger partial charge in [0.05, 0.1) is 11.4 Å². The molecular weight excluding hydrogens is 264 g/mol. The Bertz CT molecular complexity index is 451. The Morgan fingerprint density at radius 1 is 1.37 bits per heavy atom. The second kappa shape index (κ2) is 5.90. The molecule has 0 aliphatic rings. The first kappa shape index (κ1) is 15.3. The van der Waals surface area contributed by atoms with Crippen molar-refractivity contribution in [3.63, 3.8) is 0 Å². The molecule has 1 aromatic rings. The number of carbonyl (C=O) groups excluding carboxylic acids is 1. The maximum absolute atomic E-state index is 13.1. The van der Waals surface area contributed by atoms with Crippen molar-refractivity contribution in [3.05, 3.63) is 24.3 Å². The summed E-state index contributed by atoms with van der Waals surface area (Å²) < 4.78 is 50.8. The van der Waals surface area contributed by atoms with Gasteiger partial charge in [-0.05, 0) is 18.6 Å². The number of nitrogens with zero attached hydrogens (tertiary/aromatic N) is 1. The zero-order chi connectivity index (χ0) is 14.6. The lowest BCUT2D eigenvalue weighted by Crippen LogP contribution is -2.48. The summed E-state index contributed by atoms with van der Waals surface area (Å²) in [6.07, 6.45) is -3.72. The summed E-state index contributed by atoms with van der Waals surface area (Å²) in [5, 5.41) is 0. The number of amides is 1. The van der Waals surface area contributed by atoms with Crippen molar-refractivity contribution in [1.29, 1.82) is 0 Å². The van der Waals surface area contributed by atoms with Crippen molar-refractivity contribution in [2.24, 2.45) is 0 Å². The molecule has 0 aromatic heterocycles. The van der Waals surface area contributed by atoms with Crippen LogP contribution in [0.3, 0.4) is 0 Å². The Morgan fingerprint density at radius 3 is 2.42 bits per heavy atom. The van der Waals surface area contributed by atoms with Gasteiger partial charge in [-0.2, -0.15) is 8.78 Å². The van der Waals surface area contributed by atoms with Crippen molar-refractivity contribution < 1.29 is 22.4 Å². The molecule has 0 fully saturated rings. The zero-order valence-electron chi connectivity index (χ0n) is 10.2. The third-order valence-electron chi connectivity index (χ3n) is 2.48. The summed E-state index contributed by atoms with van der Waals surface area (Å²) >= 11 is 0. The molecule has 0 radical (unpaired) electrons. The monoisotopic (exact) mass is 278 g/mol. The molecule has 0 saturated carbocycles. The van der Waals surface area contributed by atoms with Gasteiger partial charge in [-0.15, -0.1) is 0 Å². The molecule has 0 atom stereocenters. The molecule has 0 aliphatic carbocycles. The van der Waals surface area contributed by atoms with Crippen LogP contribution in [0.1, 0.15) is 13.3 Å². The third-order valence-corrected chi connectivity index (χ3v) is 2.48. The predicted octanol–water partition coefficient (Wildman–Crippen LogP) is 2.91. The predicted molar refractivity (Wildman–Crippen MR) is 64.4 cm³/mol. The molecule has 0 bridgehead atoms. The number of halogens is 4. The van der Waals surface area contributed by atoms with E-state index in [2.05, 4.69) is 0 Å². The van der Waals surface area contributed by atoms with Crippen LogP contribution >= 0.6 is 0 Å². The van der Waals surface area contributed by atoms with Crippen LogP contribution in [0.2, 0.25) is 0 Å². The number of para-hydroxylation sites is 2. The second-order valence-electron chi connectivity index (χ2n) is 3.94. The van der Waals surface area contributed by atoms with Crippen LogP contribution in [-0.4, -0.2) is 24.8 Å². The standard InChI is InChI=1S/C12H14F4N2O/c1-2-7-18(9-6-4-3-5-8(9)17)11(19)12(15,16)10(13)14/h3-6,10H,2,7,17H2,1H3. The van der Waals surface area contributed by atoms with E-state index >= 15 is 0 Å². The van der Waals surface area contributed by atoms with Gasteiger partial charge in [-0.25, -0.2) is 8.78 Å². The van der Waals surface area contributed by atoms with Crippen molar-refractivity contribution >= 4 is 17.3 Å². The van der Waals surface area contributed by atoms with Crippen molar-refractivity contribution in [2.75, 3.05) is 17.2 Å². The van der Waals surface area contributed by atoms with Gasteiger partial charge >= 0.3 is 18.3 Å². The molecule has 0 unspecified atom stereocenters. The van der Waals surface area contributed by atoms with Crippen molar-refractivity contribution in [3.8, 4) is 0 Å². The highest BCUT2D eigenvalue weighted by atomic mass is 19.3. The summed E-state index contributed by atoms with van der Waals surface area (Å²) in [5.41, 5.74) is 5.67. The van der Waals surface area contributed by atoms with Crippen molar-refractivity contribution in [1.82, 2.24) is 0 Å². The van der Waals surface area contributed by atoms with E-state index in [1.165, 1.54) is 18.2 Å². The Morgan fingerprint density at radius 2 is 1.95 bits per heavy atom. The summed E-state index contributed by atoms with van der Waals surface area (Å²) in [6.45, 7) is 1.52. The molecule has 7 heteroatoms. The lowest BCUT2D eigenvalue weighted by Gasteiger charge is -2.27. The van der Waals surface area contributed by atoms with Gasteiger partial charge in [0.15, 0.2) is 0 Å². The largest absolute Gasteiger partial charge is 0.397 e. The Kier molecular flexibility index (Phi) is 4.74. The average molecular weight is 278 g/mol. The summed E-state index contributed by atoms with van der Waals surface area (Å²) in [6, 6.07) is 5.79. The Balaban J connectivity index is 3.15. The quantitative estimate of drug-likeness (QED) is 0.665. The molecule has 2 N–H and O–H groups in total. The number of hydrogen-bond donors (Lipinski definition) is 1. The molecule has 3 nitrogen and oxygen atoms in total. The van der Waals surface area contributed by atoms with E-state index in [0.717, 1.165) is 0 Å². The van der Waals surface area contributed by atoms with Crippen LogP contribution in [0.25, 0.3) is 0 Å². The number of alkyl halides is 4. The number of anilines is 2. The fourth-order valence-electron chi connectivity index (χ4n) is 1.56. The topological polar surface area (TPSA) is 46.3 Å². The fraction of sp³-hybridized carbons (Fsp3) is 0.417. The summed E-state index contributed by atoms with van der Waals surface area (Å²) in [5.74, 6) is -6.67. The lowest BCUT2D eigenvalue weighted by atomic mass is 10.2. The third kappa shape index (κ3) is 3.15. The molecule has 0 spiro atoms. The fourth-order valence-corrected chi connectivity index (χ4v) is 1.56. The van der Waals surface area contributed by atoms with E-state index in [-0.39, 0.29) is 17.9 Å². The highest BCUT2D eigenvalue weighted by molar-refractivity contribution is 6.00. The number of nitrogen functional groups attached to an aromatic ring is 1. The van der Waals surface area contributed by atoms with Crippen LogP contribution in [0.4, 0.5) is 28.9 Å². The van der Waals surface area contributed by atoms with Crippen LogP contribution in [0.15, 0.2) is 24.3 Å². The molecule has 1 rings (SSSR count). The number of carbonyl (C=O) groups is 1. The molecule has 19 heavy (non-hydrogen) atoms. The number of hydrogen-bond acceptors (Lipinski definition) is 2. The van der Waals surface area contributed by atoms with Gasteiger partial charge < -0.3 is 10.6 Å². The van der Waals surface area contributed by atoms with Gasteiger partial charge in [0, 0.05) is 6.54 Å². The highest BCUT2D eigenvalue weighted by Gasteiger charge is 2.51. The SMILES string of the molecule is CCCN(C(=O)C(F)(F)C(F)F)c1ccccc1N.